The maximum Gasteiger partial charge on any atom is 0.220 e. The first kappa shape index (κ1) is 10.5. The van der Waals surface area contributed by atoms with Crippen LogP contribution in [-0.2, 0) is 4.79 Å². The van der Waals surface area contributed by atoms with E-state index in [0.717, 1.165) is 6.42 Å². The third kappa shape index (κ3) is 5.89. The fourth-order valence-electron chi connectivity index (χ4n) is 1.31. The highest BCUT2D eigenvalue weighted by molar-refractivity contribution is 5.75. The summed E-state index contributed by atoms with van der Waals surface area (Å²) in [6.45, 7) is 6.48. The van der Waals surface area contributed by atoms with Crippen LogP contribution in [0.5, 0.6) is 0 Å². The average molecular weight is 157 g/mol. The maximum atomic E-state index is 10.9. The average Bonchev–Trinajstić information content (AvgIpc) is 1.85. The van der Waals surface area contributed by atoms with E-state index in [1.54, 1.807) is 7.05 Å². The second-order valence-corrected chi connectivity index (χ2v) is 3.61. The Morgan fingerprint density at radius 2 is 1.91 bits per heavy atom. The second-order valence-electron chi connectivity index (χ2n) is 3.61. The van der Waals surface area contributed by atoms with Crippen molar-refractivity contribution in [1.29, 1.82) is 0 Å². The van der Waals surface area contributed by atoms with E-state index in [4.69, 9.17) is 0 Å². The van der Waals surface area contributed by atoms with Gasteiger partial charge in [0, 0.05) is 13.5 Å². The van der Waals surface area contributed by atoms with Crippen LogP contribution in [0.25, 0.3) is 0 Å². The molecule has 11 heavy (non-hydrogen) atoms. The molecule has 1 atom stereocenters. The van der Waals surface area contributed by atoms with Gasteiger partial charge in [0.25, 0.3) is 0 Å². The molecular formula is C9H19NO. The quantitative estimate of drug-likeness (QED) is 0.662. The third-order valence-corrected chi connectivity index (χ3v) is 1.69. The first-order valence-corrected chi connectivity index (χ1v) is 4.26. The highest BCUT2D eigenvalue weighted by Gasteiger charge is 2.08. The lowest BCUT2D eigenvalue weighted by Gasteiger charge is -2.12. The zero-order chi connectivity index (χ0) is 8.85. The van der Waals surface area contributed by atoms with Gasteiger partial charge in [0.15, 0.2) is 0 Å². The van der Waals surface area contributed by atoms with Crippen LogP contribution in [-0.4, -0.2) is 13.0 Å². The van der Waals surface area contributed by atoms with Gasteiger partial charge in [0.2, 0.25) is 5.91 Å². The summed E-state index contributed by atoms with van der Waals surface area (Å²) in [7, 11) is 1.68. The van der Waals surface area contributed by atoms with Crippen LogP contribution in [0.1, 0.15) is 33.6 Å². The largest absolute Gasteiger partial charge is 0.359 e. The van der Waals surface area contributed by atoms with E-state index in [1.165, 1.54) is 0 Å². The van der Waals surface area contributed by atoms with Crippen molar-refractivity contribution in [2.75, 3.05) is 7.05 Å². The molecule has 1 N–H and O–H groups in total. The SMILES string of the molecule is CNC(=O)C[C@H](C)CC(C)C. The summed E-state index contributed by atoms with van der Waals surface area (Å²) in [6, 6.07) is 0. The van der Waals surface area contributed by atoms with Gasteiger partial charge in [-0.25, -0.2) is 0 Å². The molecule has 0 aliphatic carbocycles. The molecule has 0 saturated heterocycles. The molecule has 0 aliphatic rings. The Balaban J connectivity index is 3.51. The maximum absolute atomic E-state index is 10.9. The summed E-state index contributed by atoms with van der Waals surface area (Å²) in [6.07, 6.45) is 1.79. The van der Waals surface area contributed by atoms with E-state index in [2.05, 4.69) is 26.1 Å². The van der Waals surface area contributed by atoms with Crippen LogP contribution in [0.4, 0.5) is 0 Å². The van der Waals surface area contributed by atoms with Crippen molar-refractivity contribution in [3.8, 4) is 0 Å². The minimum Gasteiger partial charge on any atom is -0.359 e. The van der Waals surface area contributed by atoms with Crippen LogP contribution < -0.4 is 5.32 Å². The van der Waals surface area contributed by atoms with Crippen LogP contribution >= 0.6 is 0 Å². The van der Waals surface area contributed by atoms with Crippen molar-refractivity contribution in [3.05, 3.63) is 0 Å². The van der Waals surface area contributed by atoms with Gasteiger partial charge < -0.3 is 5.32 Å². The Kier molecular flexibility index (Phi) is 4.92. The van der Waals surface area contributed by atoms with Crippen molar-refractivity contribution in [1.82, 2.24) is 5.32 Å². The molecule has 0 aromatic heterocycles. The molecule has 0 aromatic rings. The van der Waals surface area contributed by atoms with Crippen molar-refractivity contribution in [2.45, 2.75) is 33.6 Å². The monoisotopic (exact) mass is 157 g/mol. The van der Waals surface area contributed by atoms with Crippen LogP contribution in [0.3, 0.4) is 0 Å². The van der Waals surface area contributed by atoms with Crippen molar-refractivity contribution < 1.29 is 4.79 Å². The van der Waals surface area contributed by atoms with Crippen LogP contribution in [0.2, 0.25) is 0 Å². The number of rotatable bonds is 4. The van der Waals surface area contributed by atoms with Gasteiger partial charge in [-0.15, -0.1) is 0 Å². The molecule has 0 rings (SSSR count). The number of nitrogens with one attached hydrogen (secondary N) is 1. The van der Waals surface area contributed by atoms with E-state index in [0.29, 0.717) is 18.3 Å². The lowest BCUT2D eigenvalue weighted by atomic mass is 9.96. The minimum atomic E-state index is 0.151. The van der Waals surface area contributed by atoms with Gasteiger partial charge in [0.05, 0.1) is 0 Å². The summed E-state index contributed by atoms with van der Waals surface area (Å²) < 4.78 is 0. The molecule has 0 aromatic carbocycles. The lowest BCUT2D eigenvalue weighted by Crippen LogP contribution is -2.20. The van der Waals surface area contributed by atoms with Crippen LogP contribution in [0.15, 0.2) is 0 Å². The van der Waals surface area contributed by atoms with E-state index >= 15 is 0 Å². The Labute approximate surface area is 69.4 Å². The molecule has 1 amide bonds. The summed E-state index contributed by atoms with van der Waals surface area (Å²) in [5, 5.41) is 2.63. The van der Waals surface area contributed by atoms with Gasteiger partial charge >= 0.3 is 0 Å². The zero-order valence-electron chi connectivity index (χ0n) is 7.98. The molecule has 2 heteroatoms. The van der Waals surface area contributed by atoms with Crippen molar-refractivity contribution >= 4 is 5.91 Å². The Morgan fingerprint density at radius 3 is 2.27 bits per heavy atom. The fourth-order valence-corrected chi connectivity index (χ4v) is 1.31. The van der Waals surface area contributed by atoms with Gasteiger partial charge in [-0.3, -0.25) is 4.79 Å². The first-order valence-electron chi connectivity index (χ1n) is 4.26. The molecular weight excluding hydrogens is 138 g/mol. The second kappa shape index (κ2) is 5.16. The van der Waals surface area contributed by atoms with Crippen molar-refractivity contribution in [2.24, 2.45) is 11.8 Å². The fraction of sp³-hybridized carbons (Fsp3) is 0.889. The summed E-state index contributed by atoms with van der Waals surface area (Å²) in [4.78, 5) is 10.9. The molecule has 0 fully saturated rings. The zero-order valence-corrected chi connectivity index (χ0v) is 7.98. The summed E-state index contributed by atoms with van der Waals surface area (Å²) in [5.74, 6) is 1.35. The number of carbonyl (C=O) groups excluding carboxylic acids is 1. The van der Waals surface area contributed by atoms with Gasteiger partial charge in [-0.1, -0.05) is 20.8 Å². The molecule has 0 heterocycles. The lowest BCUT2D eigenvalue weighted by molar-refractivity contribution is -0.121. The predicted octanol–water partition coefficient (Wildman–Crippen LogP) is 1.80. The first-order chi connectivity index (χ1) is 5.06. The van der Waals surface area contributed by atoms with Gasteiger partial charge in [0.1, 0.15) is 0 Å². The molecule has 2 nitrogen and oxygen atoms in total. The minimum absolute atomic E-state index is 0.151. The standard InChI is InChI=1S/C9H19NO/c1-7(2)5-8(3)6-9(11)10-4/h7-8H,5-6H2,1-4H3,(H,10,11)/t8-/m1/s1. The molecule has 0 unspecified atom stereocenters. The number of hydrogen-bond acceptors (Lipinski definition) is 1. The van der Waals surface area contributed by atoms with E-state index in [9.17, 15) is 4.79 Å². The molecule has 0 bridgehead atoms. The number of carbonyl (C=O) groups is 1. The topological polar surface area (TPSA) is 29.1 Å². The highest BCUT2D eigenvalue weighted by atomic mass is 16.1. The molecule has 0 spiro atoms. The smallest absolute Gasteiger partial charge is 0.220 e. The summed E-state index contributed by atoms with van der Waals surface area (Å²) >= 11 is 0. The van der Waals surface area contributed by atoms with Gasteiger partial charge in [-0.05, 0) is 18.3 Å². The number of hydrogen-bond donors (Lipinski definition) is 1. The van der Waals surface area contributed by atoms with E-state index in [1.807, 2.05) is 0 Å². The summed E-state index contributed by atoms with van der Waals surface area (Å²) in [5.41, 5.74) is 0. The van der Waals surface area contributed by atoms with E-state index in [-0.39, 0.29) is 5.91 Å². The van der Waals surface area contributed by atoms with Crippen LogP contribution in [0, 0.1) is 11.8 Å². The Hall–Kier alpha value is -0.530. The predicted molar refractivity (Wildman–Crippen MR) is 47.3 cm³/mol. The normalized spacial score (nSPS) is 13.2. The number of amides is 1. The highest BCUT2D eigenvalue weighted by Crippen LogP contribution is 2.13. The molecule has 0 radical (unpaired) electrons. The molecule has 0 saturated carbocycles. The Bertz CT molecular complexity index is 121. The Morgan fingerprint density at radius 1 is 1.36 bits per heavy atom. The molecule has 66 valence electrons. The van der Waals surface area contributed by atoms with Gasteiger partial charge in [-0.2, -0.15) is 0 Å². The molecule has 0 aliphatic heterocycles. The third-order valence-electron chi connectivity index (χ3n) is 1.69. The van der Waals surface area contributed by atoms with Crippen molar-refractivity contribution in [3.63, 3.8) is 0 Å². The van der Waals surface area contributed by atoms with E-state index < -0.39 is 0 Å².